The van der Waals surface area contributed by atoms with Gasteiger partial charge in [0.25, 0.3) is 0 Å². The largest absolute Gasteiger partial charge is 0.496 e. The second-order valence-electron chi connectivity index (χ2n) is 3.97. The number of likely N-dealkylation sites (N-methyl/N-ethyl adjacent to an activating group) is 1. The summed E-state index contributed by atoms with van der Waals surface area (Å²) in [6, 6.07) is 4.12. The molecule has 0 atom stereocenters. The average molecular weight is 334 g/mol. The molecule has 0 amide bonds. The molecule has 0 aliphatic rings. The zero-order chi connectivity index (χ0) is 13.5. The molecule has 0 aliphatic heterocycles. The monoisotopic (exact) mass is 333 g/mol. The molecule has 0 spiro atoms. The van der Waals surface area contributed by atoms with Crippen LogP contribution in [-0.4, -0.2) is 44.4 Å². The highest BCUT2D eigenvalue weighted by atomic mass is 79.9. The lowest BCUT2D eigenvalue weighted by Gasteiger charge is -2.16. The maximum absolute atomic E-state index is 5.45. The van der Waals surface area contributed by atoms with E-state index in [1.807, 2.05) is 12.3 Å². The summed E-state index contributed by atoms with van der Waals surface area (Å²) in [6.07, 6.45) is 2.98. The number of benzene rings is 1. The minimum atomic E-state index is 0.870. The molecule has 0 saturated heterocycles. The summed E-state index contributed by atoms with van der Waals surface area (Å²) in [4.78, 5) is 3.31. The number of hydrogen-bond donors (Lipinski definition) is 0. The van der Waals surface area contributed by atoms with Crippen molar-refractivity contribution in [2.75, 3.05) is 39.5 Å². The fraction of sp³-hybridized carbons (Fsp3) is 0.538. The van der Waals surface area contributed by atoms with Crippen molar-refractivity contribution in [1.82, 2.24) is 4.90 Å². The van der Waals surface area contributed by atoms with Crippen LogP contribution in [0, 0.1) is 0 Å². The van der Waals surface area contributed by atoms with E-state index in [4.69, 9.17) is 9.47 Å². The van der Waals surface area contributed by atoms with Crippen molar-refractivity contribution in [2.45, 2.75) is 11.3 Å². The van der Waals surface area contributed by atoms with E-state index in [1.165, 1.54) is 5.56 Å². The predicted octanol–water partition coefficient (Wildman–Crippen LogP) is 3.25. The van der Waals surface area contributed by atoms with Gasteiger partial charge in [-0.25, -0.2) is 0 Å². The van der Waals surface area contributed by atoms with Crippen LogP contribution in [0.25, 0.3) is 0 Å². The summed E-state index contributed by atoms with van der Waals surface area (Å²) in [5.74, 6) is 1.85. The molecule has 102 valence electrons. The van der Waals surface area contributed by atoms with Crippen molar-refractivity contribution in [3.8, 4) is 11.5 Å². The van der Waals surface area contributed by atoms with Crippen molar-refractivity contribution in [3.05, 3.63) is 17.7 Å². The van der Waals surface area contributed by atoms with Crippen molar-refractivity contribution >= 4 is 27.7 Å². The second kappa shape index (κ2) is 7.92. The average Bonchev–Trinajstić information content (AvgIpc) is 2.43. The number of rotatable bonds is 7. The second-order valence-corrected chi connectivity index (χ2v) is 5.32. The molecule has 18 heavy (non-hydrogen) atoms. The van der Waals surface area contributed by atoms with Gasteiger partial charge in [-0.05, 0) is 37.4 Å². The van der Waals surface area contributed by atoms with E-state index in [2.05, 4.69) is 33.9 Å². The Hall–Kier alpha value is -0.390. The minimum absolute atomic E-state index is 0.870. The lowest BCUT2D eigenvalue weighted by molar-refractivity contribution is 0.377. The number of halogens is 1. The van der Waals surface area contributed by atoms with Crippen molar-refractivity contribution in [2.24, 2.45) is 0 Å². The van der Waals surface area contributed by atoms with Gasteiger partial charge in [-0.1, -0.05) is 15.9 Å². The molecule has 0 aromatic heterocycles. The Labute approximate surface area is 122 Å². The van der Waals surface area contributed by atoms with Gasteiger partial charge in [-0.3, -0.25) is 4.90 Å². The van der Waals surface area contributed by atoms with Gasteiger partial charge in [-0.15, -0.1) is 11.8 Å². The Morgan fingerprint density at radius 3 is 2.39 bits per heavy atom. The summed E-state index contributed by atoms with van der Waals surface area (Å²) in [5.41, 5.74) is 2.05. The van der Waals surface area contributed by atoms with Crippen molar-refractivity contribution in [3.63, 3.8) is 0 Å². The lowest BCUT2D eigenvalue weighted by Crippen LogP contribution is -2.19. The SMILES string of the molecule is COc1cc(SC)c(OC)cc1CCN(C)CBr. The molecule has 0 heterocycles. The van der Waals surface area contributed by atoms with Crippen LogP contribution >= 0.6 is 27.7 Å². The van der Waals surface area contributed by atoms with Gasteiger partial charge in [0, 0.05) is 6.54 Å². The molecule has 0 saturated carbocycles. The van der Waals surface area contributed by atoms with Gasteiger partial charge in [0.1, 0.15) is 11.5 Å². The molecule has 1 aromatic rings. The van der Waals surface area contributed by atoms with Gasteiger partial charge < -0.3 is 9.47 Å². The first-order valence-corrected chi connectivity index (χ1v) is 8.04. The summed E-state index contributed by atoms with van der Waals surface area (Å²) < 4.78 is 10.9. The van der Waals surface area contributed by atoms with Gasteiger partial charge in [0.05, 0.1) is 24.6 Å². The van der Waals surface area contributed by atoms with Gasteiger partial charge in [-0.2, -0.15) is 0 Å². The Morgan fingerprint density at radius 1 is 1.22 bits per heavy atom. The third kappa shape index (κ3) is 4.07. The van der Waals surface area contributed by atoms with E-state index in [0.29, 0.717) is 0 Å². The third-order valence-corrected chi connectivity index (χ3v) is 4.37. The van der Waals surface area contributed by atoms with E-state index in [9.17, 15) is 0 Å². The molecular weight excluding hydrogens is 314 g/mol. The van der Waals surface area contributed by atoms with Crippen LogP contribution in [0.2, 0.25) is 0 Å². The molecular formula is C13H20BrNO2S. The maximum Gasteiger partial charge on any atom is 0.132 e. The summed E-state index contributed by atoms with van der Waals surface area (Å²) in [6.45, 7) is 0.976. The highest BCUT2D eigenvalue weighted by molar-refractivity contribution is 9.09. The van der Waals surface area contributed by atoms with E-state index >= 15 is 0 Å². The highest BCUT2D eigenvalue weighted by Crippen LogP contribution is 2.34. The fourth-order valence-electron chi connectivity index (χ4n) is 1.66. The Morgan fingerprint density at radius 2 is 1.89 bits per heavy atom. The summed E-state index contributed by atoms with van der Waals surface area (Å²) in [5, 5.41) is 0. The Balaban J connectivity index is 2.94. The number of ether oxygens (including phenoxy) is 2. The van der Waals surface area contributed by atoms with Crippen LogP contribution in [0.5, 0.6) is 11.5 Å². The Bertz CT molecular complexity index is 387. The maximum atomic E-state index is 5.45. The molecule has 0 radical (unpaired) electrons. The molecule has 0 N–H and O–H groups in total. The van der Waals surface area contributed by atoms with Crippen LogP contribution in [0.15, 0.2) is 17.0 Å². The van der Waals surface area contributed by atoms with Crippen LogP contribution in [-0.2, 0) is 6.42 Å². The highest BCUT2D eigenvalue weighted by Gasteiger charge is 2.11. The van der Waals surface area contributed by atoms with Crippen LogP contribution in [0.3, 0.4) is 0 Å². The van der Waals surface area contributed by atoms with E-state index in [1.54, 1.807) is 26.0 Å². The molecule has 0 fully saturated rings. The summed E-state index contributed by atoms with van der Waals surface area (Å²) >= 11 is 5.11. The smallest absolute Gasteiger partial charge is 0.132 e. The van der Waals surface area contributed by atoms with E-state index < -0.39 is 0 Å². The van der Waals surface area contributed by atoms with Crippen LogP contribution in [0.1, 0.15) is 5.56 Å². The number of hydrogen-bond acceptors (Lipinski definition) is 4. The standard InChI is InChI=1S/C13H20BrNO2S/c1-15(9-14)6-5-10-7-12(17-3)13(18-4)8-11(10)16-2/h7-8H,5-6,9H2,1-4H3. The van der Waals surface area contributed by atoms with Gasteiger partial charge >= 0.3 is 0 Å². The number of thioether (sulfide) groups is 1. The van der Waals surface area contributed by atoms with E-state index in [0.717, 1.165) is 34.8 Å². The third-order valence-electron chi connectivity index (χ3n) is 2.75. The normalized spacial score (nSPS) is 10.8. The van der Waals surface area contributed by atoms with Gasteiger partial charge in [0.15, 0.2) is 0 Å². The Kier molecular flexibility index (Phi) is 6.89. The molecule has 0 bridgehead atoms. The quantitative estimate of drug-likeness (QED) is 0.433. The van der Waals surface area contributed by atoms with Gasteiger partial charge in [0.2, 0.25) is 0 Å². The first-order chi connectivity index (χ1) is 8.65. The van der Waals surface area contributed by atoms with Crippen LogP contribution in [0.4, 0.5) is 0 Å². The van der Waals surface area contributed by atoms with Crippen molar-refractivity contribution in [1.29, 1.82) is 0 Å². The molecule has 3 nitrogen and oxygen atoms in total. The van der Waals surface area contributed by atoms with Crippen molar-refractivity contribution < 1.29 is 9.47 Å². The van der Waals surface area contributed by atoms with E-state index in [-0.39, 0.29) is 0 Å². The molecule has 5 heteroatoms. The molecule has 0 unspecified atom stereocenters. The fourth-order valence-corrected chi connectivity index (χ4v) is 2.48. The number of methoxy groups -OCH3 is 2. The number of alkyl halides is 1. The summed E-state index contributed by atoms with van der Waals surface area (Å²) in [7, 11) is 5.49. The minimum Gasteiger partial charge on any atom is -0.496 e. The lowest BCUT2D eigenvalue weighted by atomic mass is 10.1. The zero-order valence-electron chi connectivity index (χ0n) is 11.3. The molecule has 1 aromatic carbocycles. The topological polar surface area (TPSA) is 21.7 Å². The first-order valence-electron chi connectivity index (χ1n) is 5.69. The molecule has 0 aliphatic carbocycles. The predicted molar refractivity (Wildman–Crippen MR) is 81.5 cm³/mol. The van der Waals surface area contributed by atoms with Crippen LogP contribution < -0.4 is 9.47 Å². The zero-order valence-corrected chi connectivity index (χ0v) is 13.7. The first kappa shape index (κ1) is 15.7. The number of nitrogens with zero attached hydrogens (tertiary/aromatic N) is 1. The molecule has 1 rings (SSSR count).